The first-order valence-corrected chi connectivity index (χ1v) is 11.1. The van der Waals surface area contributed by atoms with Crippen molar-refractivity contribution in [2.45, 2.75) is 38.8 Å². The SMILES string of the molecule is CC1CCCCN1C(=NCc1cccs1)Nc1cc(-c2ccccc2)ccc1O. The minimum Gasteiger partial charge on any atom is -0.506 e. The molecule has 1 aromatic heterocycles. The molecule has 0 amide bonds. The number of likely N-dealkylation sites (tertiary alicyclic amines) is 1. The number of rotatable bonds is 4. The molecule has 0 radical (unpaired) electrons. The molecule has 4 nitrogen and oxygen atoms in total. The maximum Gasteiger partial charge on any atom is 0.199 e. The van der Waals surface area contributed by atoms with Crippen molar-refractivity contribution in [2.75, 3.05) is 11.9 Å². The molecule has 5 heteroatoms. The number of thiophene rings is 1. The summed E-state index contributed by atoms with van der Waals surface area (Å²) >= 11 is 1.72. The minimum absolute atomic E-state index is 0.234. The normalized spacial score (nSPS) is 17.3. The van der Waals surface area contributed by atoms with Gasteiger partial charge in [0, 0.05) is 17.5 Å². The molecule has 1 aliphatic heterocycles. The molecule has 150 valence electrons. The summed E-state index contributed by atoms with van der Waals surface area (Å²) < 4.78 is 0. The number of hydrogen-bond donors (Lipinski definition) is 2. The number of aliphatic imine (C=N–C) groups is 1. The summed E-state index contributed by atoms with van der Waals surface area (Å²) in [5.74, 6) is 1.07. The number of aromatic hydroxyl groups is 1. The molecular formula is C24H27N3OS. The van der Waals surface area contributed by atoms with Gasteiger partial charge in [-0.1, -0.05) is 42.5 Å². The van der Waals surface area contributed by atoms with Crippen LogP contribution in [0.4, 0.5) is 5.69 Å². The van der Waals surface area contributed by atoms with Crippen LogP contribution in [-0.4, -0.2) is 28.6 Å². The summed E-state index contributed by atoms with van der Waals surface area (Å²) in [6.07, 6.45) is 3.58. The highest BCUT2D eigenvalue weighted by Gasteiger charge is 2.22. The van der Waals surface area contributed by atoms with Gasteiger partial charge in [-0.25, -0.2) is 4.99 Å². The fourth-order valence-electron chi connectivity index (χ4n) is 3.74. The zero-order chi connectivity index (χ0) is 20.1. The Balaban J connectivity index is 1.64. The smallest absolute Gasteiger partial charge is 0.199 e. The van der Waals surface area contributed by atoms with E-state index < -0.39 is 0 Å². The van der Waals surface area contributed by atoms with Crippen LogP contribution in [0.3, 0.4) is 0 Å². The van der Waals surface area contributed by atoms with Gasteiger partial charge >= 0.3 is 0 Å². The Morgan fingerprint density at radius 2 is 1.97 bits per heavy atom. The van der Waals surface area contributed by atoms with Crippen LogP contribution in [0.2, 0.25) is 0 Å². The van der Waals surface area contributed by atoms with Gasteiger partial charge in [-0.05, 0) is 60.9 Å². The maximum absolute atomic E-state index is 10.5. The second-order valence-electron chi connectivity index (χ2n) is 7.48. The van der Waals surface area contributed by atoms with Crippen molar-refractivity contribution in [3.05, 3.63) is 70.9 Å². The van der Waals surface area contributed by atoms with Crippen molar-refractivity contribution in [3.63, 3.8) is 0 Å². The number of phenols is 1. The van der Waals surface area contributed by atoms with Gasteiger partial charge in [0.2, 0.25) is 0 Å². The molecule has 2 heterocycles. The number of benzene rings is 2. The molecule has 2 aromatic carbocycles. The largest absolute Gasteiger partial charge is 0.506 e. The Morgan fingerprint density at radius 3 is 2.72 bits per heavy atom. The van der Waals surface area contributed by atoms with Gasteiger partial charge in [0.05, 0.1) is 12.2 Å². The van der Waals surface area contributed by atoms with Crippen LogP contribution in [0.25, 0.3) is 11.1 Å². The third kappa shape index (κ3) is 4.80. The number of hydrogen-bond acceptors (Lipinski definition) is 3. The molecular weight excluding hydrogens is 378 g/mol. The number of nitrogens with one attached hydrogen (secondary N) is 1. The average molecular weight is 406 g/mol. The lowest BCUT2D eigenvalue weighted by molar-refractivity contribution is 0.257. The summed E-state index contributed by atoms with van der Waals surface area (Å²) in [6, 6.07) is 20.5. The van der Waals surface area contributed by atoms with E-state index in [0.717, 1.165) is 30.1 Å². The van der Waals surface area contributed by atoms with Crippen LogP contribution in [0.15, 0.2) is 71.0 Å². The topological polar surface area (TPSA) is 47.9 Å². The van der Waals surface area contributed by atoms with E-state index in [1.165, 1.54) is 17.7 Å². The first-order chi connectivity index (χ1) is 14.2. The van der Waals surface area contributed by atoms with Crippen LogP contribution in [0.5, 0.6) is 5.75 Å². The summed E-state index contributed by atoms with van der Waals surface area (Å²) in [7, 11) is 0. The second-order valence-corrected chi connectivity index (χ2v) is 8.51. The lowest BCUT2D eigenvalue weighted by atomic mass is 10.0. The zero-order valence-electron chi connectivity index (χ0n) is 16.7. The van der Waals surface area contributed by atoms with Crippen molar-refractivity contribution in [2.24, 2.45) is 4.99 Å². The van der Waals surface area contributed by atoms with E-state index >= 15 is 0 Å². The zero-order valence-corrected chi connectivity index (χ0v) is 17.5. The summed E-state index contributed by atoms with van der Waals surface area (Å²) in [5.41, 5.74) is 2.88. The molecule has 0 aliphatic carbocycles. The van der Waals surface area contributed by atoms with Gasteiger partial charge in [0.25, 0.3) is 0 Å². The molecule has 4 rings (SSSR count). The molecule has 1 unspecified atom stereocenters. The highest BCUT2D eigenvalue weighted by molar-refractivity contribution is 7.09. The van der Waals surface area contributed by atoms with E-state index in [-0.39, 0.29) is 5.75 Å². The molecule has 3 aromatic rings. The van der Waals surface area contributed by atoms with Crippen molar-refractivity contribution >= 4 is 23.0 Å². The van der Waals surface area contributed by atoms with E-state index in [9.17, 15) is 5.11 Å². The number of phenolic OH excluding ortho intramolecular Hbond substituents is 1. The highest BCUT2D eigenvalue weighted by Crippen LogP contribution is 2.30. The Kier molecular flexibility index (Phi) is 6.15. The van der Waals surface area contributed by atoms with E-state index in [2.05, 4.69) is 46.8 Å². The van der Waals surface area contributed by atoms with Crippen LogP contribution in [0.1, 0.15) is 31.1 Å². The molecule has 0 bridgehead atoms. The standard InChI is InChI=1S/C24H27N3OS/c1-18-8-5-6-14-27(18)24(25-17-21-11-7-15-29-21)26-22-16-20(12-13-23(22)28)19-9-3-2-4-10-19/h2-4,7,9-13,15-16,18,28H,5-6,8,14,17H2,1H3,(H,25,26). The predicted molar refractivity (Wildman–Crippen MR) is 123 cm³/mol. The number of guanidine groups is 1. The lowest BCUT2D eigenvalue weighted by Gasteiger charge is -2.36. The van der Waals surface area contributed by atoms with Gasteiger partial charge < -0.3 is 15.3 Å². The number of piperidine rings is 1. The third-order valence-corrected chi connectivity index (χ3v) is 6.25. The first-order valence-electron chi connectivity index (χ1n) is 10.2. The van der Waals surface area contributed by atoms with Crippen molar-refractivity contribution in [1.82, 2.24) is 4.90 Å². The molecule has 1 atom stereocenters. The van der Waals surface area contributed by atoms with Crippen molar-refractivity contribution < 1.29 is 5.11 Å². The minimum atomic E-state index is 0.234. The molecule has 0 spiro atoms. The fourth-order valence-corrected chi connectivity index (χ4v) is 4.37. The van der Waals surface area contributed by atoms with Gasteiger partial charge in [0.1, 0.15) is 5.75 Å². The van der Waals surface area contributed by atoms with Gasteiger partial charge in [-0.3, -0.25) is 0 Å². The predicted octanol–water partition coefficient (Wildman–Crippen LogP) is 5.96. The maximum atomic E-state index is 10.5. The third-order valence-electron chi connectivity index (χ3n) is 5.39. The number of nitrogens with zero attached hydrogens (tertiary/aromatic N) is 2. The summed E-state index contributed by atoms with van der Waals surface area (Å²) in [5, 5.41) is 16.0. The quantitative estimate of drug-likeness (QED) is 0.320. The van der Waals surface area contributed by atoms with E-state index in [0.29, 0.717) is 18.3 Å². The van der Waals surface area contributed by atoms with Crippen LogP contribution in [-0.2, 0) is 6.54 Å². The summed E-state index contributed by atoms with van der Waals surface area (Å²) in [4.78, 5) is 8.48. The number of anilines is 1. The fraction of sp³-hybridized carbons (Fsp3) is 0.292. The van der Waals surface area contributed by atoms with Crippen LogP contribution < -0.4 is 5.32 Å². The molecule has 1 saturated heterocycles. The van der Waals surface area contributed by atoms with Gasteiger partial charge in [-0.2, -0.15) is 0 Å². The summed E-state index contributed by atoms with van der Waals surface area (Å²) in [6.45, 7) is 3.88. The van der Waals surface area contributed by atoms with Crippen molar-refractivity contribution in [3.8, 4) is 16.9 Å². The Morgan fingerprint density at radius 1 is 1.10 bits per heavy atom. The van der Waals surface area contributed by atoms with E-state index in [1.54, 1.807) is 17.4 Å². The average Bonchev–Trinajstić information content (AvgIpc) is 3.27. The first kappa shape index (κ1) is 19.5. The molecule has 0 saturated carbocycles. The van der Waals surface area contributed by atoms with E-state index in [1.807, 2.05) is 30.3 Å². The van der Waals surface area contributed by atoms with Gasteiger partial charge in [-0.15, -0.1) is 11.3 Å². The molecule has 29 heavy (non-hydrogen) atoms. The Hall–Kier alpha value is -2.79. The Labute approximate surface area is 176 Å². The van der Waals surface area contributed by atoms with E-state index in [4.69, 9.17) is 4.99 Å². The van der Waals surface area contributed by atoms with Crippen molar-refractivity contribution in [1.29, 1.82) is 0 Å². The Bertz CT molecular complexity index is 954. The van der Waals surface area contributed by atoms with Gasteiger partial charge in [0.15, 0.2) is 5.96 Å². The molecule has 1 aliphatic rings. The molecule has 2 N–H and O–H groups in total. The van der Waals surface area contributed by atoms with Crippen LogP contribution >= 0.6 is 11.3 Å². The lowest BCUT2D eigenvalue weighted by Crippen LogP contribution is -2.45. The van der Waals surface area contributed by atoms with Crippen LogP contribution in [0, 0.1) is 0 Å². The molecule has 1 fully saturated rings. The monoisotopic (exact) mass is 405 g/mol. The second kappa shape index (κ2) is 9.14. The highest BCUT2D eigenvalue weighted by atomic mass is 32.1.